The van der Waals surface area contributed by atoms with Crippen LogP contribution in [0.4, 0.5) is 0 Å². The number of nitrogens with zero attached hydrogens (tertiary/aromatic N) is 2. The van der Waals surface area contributed by atoms with E-state index in [9.17, 15) is 0 Å². The van der Waals surface area contributed by atoms with Gasteiger partial charge in [0.05, 0.1) is 44.2 Å². The minimum atomic E-state index is 0.902. The Kier molecular flexibility index (Phi) is 6.07. The lowest BCUT2D eigenvalue weighted by Crippen LogP contribution is -1.98. The number of para-hydroxylation sites is 2. The Labute approximate surface area is 315 Å². The summed E-state index contributed by atoms with van der Waals surface area (Å²) in [5, 5.41) is 14.0. The molecule has 3 aromatic heterocycles. The second-order valence-electron chi connectivity index (χ2n) is 14.5. The minimum absolute atomic E-state index is 0.902. The lowest BCUT2D eigenvalue weighted by Gasteiger charge is -2.16. The molecule has 0 fully saturated rings. The van der Waals surface area contributed by atoms with Crippen molar-refractivity contribution < 1.29 is 4.42 Å². The summed E-state index contributed by atoms with van der Waals surface area (Å²) in [4.78, 5) is 0. The highest BCUT2D eigenvalue weighted by molar-refractivity contribution is 6.29. The molecule has 0 saturated carbocycles. The van der Waals surface area contributed by atoms with Crippen molar-refractivity contribution in [3.8, 4) is 11.4 Å². The van der Waals surface area contributed by atoms with Gasteiger partial charge in [-0.25, -0.2) is 0 Å². The zero-order valence-corrected chi connectivity index (χ0v) is 29.9. The number of rotatable bonds is 4. The third-order valence-corrected chi connectivity index (χ3v) is 11.8. The van der Waals surface area contributed by atoms with E-state index < -0.39 is 0 Å². The van der Waals surface area contributed by atoms with Crippen molar-refractivity contribution in [1.82, 2.24) is 9.13 Å². The second-order valence-corrected chi connectivity index (χ2v) is 14.5. The summed E-state index contributed by atoms with van der Waals surface area (Å²) >= 11 is 0. The predicted octanol–water partition coefficient (Wildman–Crippen LogP) is 14.5. The number of benzene rings is 9. The molecular weight excluding hydrogens is 669 g/mol. The van der Waals surface area contributed by atoms with Crippen molar-refractivity contribution in [2.24, 2.45) is 0 Å². The van der Waals surface area contributed by atoms with E-state index in [4.69, 9.17) is 4.42 Å². The van der Waals surface area contributed by atoms with Crippen molar-refractivity contribution in [3.05, 3.63) is 182 Å². The van der Waals surface area contributed by atoms with Gasteiger partial charge in [-0.3, -0.25) is 0 Å². The van der Waals surface area contributed by atoms with Gasteiger partial charge in [0, 0.05) is 32.3 Å². The molecule has 3 heterocycles. The molecule has 0 atom stereocenters. The van der Waals surface area contributed by atoms with Crippen molar-refractivity contribution >= 4 is 110 Å². The first kappa shape index (κ1) is 30.1. The third-order valence-electron chi connectivity index (χ3n) is 11.8. The lowest BCUT2D eigenvalue weighted by atomic mass is 9.97. The Hall–Kier alpha value is -7.36. The van der Waals surface area contributed by atoms with Gasteiger partial charge in [0.2, 0.25) is 0 Å². The smallest absolute Gasteiger partial charge is 0.145 e. The molecule has 3 heteroatoms. The Bertz CT molecular complexity index is 3650. The fourth-order valence-corrected chi connectivity index (χ4v) is 9.52. The van der Waals surface area contributed by atoms with Gasteiger partial charge in [0.1, 0.15) is 11.2 Å². The maximum atomic E-state index is 7.26. The monoisotopic (exact) mass is 700 g/mol. The van der Waals surface area contributed by atoms with Crippen LogP contribution in [-0.4, -0.2) is 9.13 Å². The van der Waals surface area contributed by atoms with Crippen LogP contribution in [0.3, 0.4) is 0 Å². The molecule has 12 rings (SSSR count). The van der Waals surface area contributed by atoms with Crippen molar-refractivity contribution in [1.29, 1.82) is 0 Å². The summed E-state index contributed by atoms with van der Waals surface area (Å²) < 4.78 is 12.1. The first-order valence-corrected chi connectivity index (χ1v) is 18.8. The van der Waals surface area contributed by atoms with Gasteiger partial charge in [-0.2, -0.15) is 0 Å². The Morgan fingerprint density at radius 3 is 1.44 bits per heavy atom. The summed E-state index contributed by atoms with van der Waals surface area (Å²) in [5.41, 5.74) is 10.7. The summed E-state index contributed by atoms with van der Waals surface area (Å²) in [6.45, 7) is 8.33. The van der Waals surface area contributed by atoms with Gasteiger partial charge in [0.25, 0.3) is 0 Å². The van der Waals surface area contributed by atoms with Crippen LogP contribution in [0.2, 0.25) is 0 Å². The molecule has 0 aliphatic heterocycles. The van der Waals surface area contributed by atoms with Crippen molar-refractivity contribution in [2.45, 2.75) is 0 Å². The van der Waals surface area contributed by atoms with E-state index >= 15 is 0 Å². The molecule has 0 unspecified atom stereocenters. The molecule has 0 amide bonds. The lowest BCUT2D eigenvalue weighted by molar-refractivity contribution is 0.677. The van der Waals surface area contributed by atoms with E-state index in [0.717, 1.165) is 93.4 Å². The zero-order valence-electron chi connectivity index (χ0n) is 29.9. The van der Waals surface area contributed by atoms with Gasteiger partial charge in [-0.15, -0.1) is 0 Å². The fraction of sp³-hybridized carbons (Fsp3) is 0. The molecule has 0 spiro atoms. The van der Waals surface area contributed by atoms with Crippen LogP contribution >= 0.6 is 0 Å². The van der Waals surface area contributed by atoms with Crippen LogP contribution in [0.25, 0.3) is 121 Å². The highest BCUT2D eigenvalue weighted by atomic mass is 16.3. The molecular formula is C52H32N2O. The van der Waals surface area contributed by atoms with Crippen LogP contribution in [0, 0.1) is 0 Å². The van der Waals surface area contributed by atoms with Gasteiger partial charge < -0.3 is 13.6 Å². The van der Waals surface area contributed by atoms with Gasteiger partial charge in [0.15, 0.2) is 0 Å². The standard InChI is InChI=1S/C52H32N2O/c1-3-31-29-47(37-19-9-7-17-35(37)33(31)4-2)53-43-23-13-11-21-41(43)49-45(53)27-25-39-40-26-28-46-50(52(40)55-51(39)49)42-22-12-14-24-44(42)54(46)48-30-32-15-5-6-16-34(32)36-18-8-10-20-38(36)48/h3-30H,1-2H2. The topological polar surface area (TPSA) is 23.0 Å². The Balaban J connectivity index is 1.21. The average molecular weight is 701 g/mol. The SMILES string of the molecule is C=Cc1cc(-n2c3ccccc3c3c4oc5c(ccc6c5c5ccccc5n6-c5cc6ccccc6c6ccccc56)c4ccc32)c2ccccc2c1C=C. The van der Waals surface area contributed by atoms with Crippen LogP contribution in [-0.2, 0) is 0 Å². The molecule has 3 nitrogen and oxygen atoms in total. The van der Waals surface area contributed by atoms with E-state index in [1.165, 1.54) is 26.9 Å². The fourth-order valence-electron chi connectivity index (χ4n) is 9.52. The van der Waals surface area contributed by atoms with E-state index in [1.54, 1.807) is 0 Å². The molecule has 0 radical (unpaired) electrons. The highest BCUT2D eigenvalue weighted by Crippen LogP contribution is 2.46. The highest BCUT2D eigenvalue weighted by Gasteiger charge is 2.24. The van der Waals surface area contributed by atoms with Crippen molar-refractivity contribution in [2.75, 3.05) is 0 Å². The molecule has 12 aromatic rings. The second kappa shape index (κ2) is 11.1. The average Bonchev–Trinajstić information content (AvgIpc) is 3.90. The molecule has 256 valence electrons. The predicted molar refractivity (Wildman–Crippen MR) is 235 cm³/mol. The maximum absolute atomic E-state index is 7.26. The number of hydrogen-bond acceptors (Lipinski definition) is 1. The molecule has 55 heavy (non-hydrogen) atoms. The number of fused-ring (bicyclic) bond motifs is 15. The van der Waals surface area contributed by atoms with E-state index in [0.29, 0.717) is 0 Å². The first-order valence-electron chi connectivity index (χ1n) is 18.8. The summed E-state index contributed by atoms with van der Waals surface area (Å²) in [6.07, 6.45) is 3.87. The molecule has 0 aliphatic carbocycles. The molecule has 0 saturated heterocycles. The number of hydrogen-bond donors (Lipinski definition) is 0. The molecule has 9 aromatic carbocycles. The van der Waals surface area contributed by atoms with E-state index in [2.05, 4.69) is 180 Å². The van der Waals surface area contributed by atoms with Gasteiger partial charge in [-0.1, -0.05) is 135 Å². The van der Waals surface area contributed by atoms with Crippen LogP contribution in [0.1, 0.15) is 11.1 Å². The summed E-state index contributed by atoms with van der Waals surface area (Å²) in [6, 6.07) is 57.1. The van der Waals surface area contributed by atoms with E-state index in [1.807, 2.05) is 12.2 Å². The molecule has 0 aliphatic rings. The normalized spacial score (nSPS) is 12.1. The van der Waals surface area contributed by atoms with Crippen LogP contribution < -0.4 is 0 Å². The van der Waals surface area contributed by atoms with Gasteiger partial charge in [-0.05, 0) is 81.2 Å². The third kappa shape index (κ3) is 3.94. The largest absolute Gasteiger partial charge is 0.455 e. The minimum Gasteiger partial charge on any atom is -0.455 e. The Morgan fingerprint density at radius 2 is 0.855 bits per heavy atom. The zero-order chi connectivity index (χ0) is 36.4. The van der Waals surface area contributed by atoms with Crippen LogP contribution in [0.5, 0.6) is 0 Å². The summed E-state index contributed by atoms with van der Waals surface area (Å²) in [7, 11) is 0. The van der Waals surface area contributed by atoms with E-state index in [-0.39, 0.29) is 0 Å². The maximum Gasteiger partial charge on any atom is 0.145 e. The Morgan fingerprint density at radius 1 is 0.382 bits per heavy atom. The van der Waals surface area contributed by atoms with Crippen LogP contribution in [0.15, 0.2) is 175 Å². The molecule has 0 N–H and O–H groups in total. The van der Waals surface area contributed by atoms with Gasteiger partial charge >= 0.3 is 0 Å². The number of aromatic nitrogens is 2. The summed E-state index contributed by atoms with van der Waals surface area (Å²) in [5.74, 6) is 0. The molecule has 0 bridgehead atoms. The van der Waals surface area contributed by atoms with Crippen molar-refractivity contribution in [3.63, 3.8) is 0 Å². The number of furan rings is 1. The first-order chi connectivity index (χ1) is 27.2. The quantitative estimate of drug-likeness (QED) is 0.168.